The molecule has 1 saturated carbocycles. The molecule has 0 N–H and O–H groups in total. The average Bonchev–Trinajstić information content (AvgIpc) is 2.06. The van der Waals surface area contributed by atoms with Gasteiger partial charge in [0.2, 0.25) is 0 Å². The molecule has 1 atom stereocenters. The lowest BCUT2D eigenvalue weighted by Gasteiger charge is -1.68. The second-order valence-electron chi connectivity index (χ2n) is 1.52. The third-order valence-electron chi connectivity index (χ3n) is 0.845. The quantitative estimate of drug-likeness (QED) is 0.496. The van der Waals surface area contributed by atoms with Crippen LogP contribution in [-0.4, -0.2) is 9.46 Å². The van der Waals surface area contributed by atoms with Gasteiger partial charge in [-0.2, -0.15) is 0 Å². The van der Waals surface area contributed by atoms with Gasteiger partial charge in [0.1, 0.15) is 0 Å². The first kappa shape index (κ1) is 4.53. The summed E-state index contributed by atoms with van der Waals surface area (Å²) in [4.78, 5) is 0. The maximum Gasteiger partial charge on any atom is 0.0346 e. The molecule has 0 heterocycles. The first-order valence-electron chi connectivity index (χ1n) is 1.94. The largest absolute Gasteiger partial charge is 0.260 e. The van der Waals surface area contributed by atoms with Crippen LogP contribution in [0.15, 0.2) is 0 Å². The number of hydrogen-bond donors (Lipinski definition) is 1. The van der Waals surface area contributed by atoms with Gasteiger partial charge in [-0.05, 0) is 24.0 Å². The Labute approximate surface area is 43.4 Å². The molecule has 0 aromatic rings. The minimum absolute atomic E-state index is 0.426. The van der Waals surface area contributed by atoms with Gasteiger partial charge in [-0.1, -0.05) is 0 Å². The Kier molecular flexibility index (Phi) is 1.10. The molecule has 1 nitrogen and oxygen atoms in total. The highest BCUT2D eigenvalue weighted by Gasteiger charge is 2.21. The van der Waals surface area contributed by atoms with Crippen molar-refractivity contribution in [2.45, 2.75) is 18.1 Å². The molecule has 1 fully saturated rings. The van der Waals surface area contributed by atoms with Crippen molar-refractivity contribution in [3.8, 4) is 0 Å². The maximum absolute atomic E-state index is 10.2. The minimum Gasteiger partial charge on any atom is -0.260 e. The Bertz CT molecular complexity index is 104. The lowest BCUT2D eigenvalue weighted by Crippen LogP contribution is -1.77. The van der Waals surface area contributed by atoms with Crippen LogP contribution in [0.1, 0.15) is 12.8 Å². The molecule has 0 saturated heterocycles. The molecule has 0 spiro atoms. The van der Waals surface area contributed by atoms with E-state index in [-0.39, 0.29) is 0 Å². The van der Waals surface area contributed by atoms with E-state index in [9.17, 15) is 4.21 Å². The Morgan fingerprint density at radius 2 is 2.17 bits per heavy atom. The summed E-state index contributed by atoms with van der Waals surface area (Å²) in [6, 6.07) is 0. The van der Waals surface area contributed by atoms with Crippen molar-refractivity contribution in [2.24, 2.45) is 0 Å². The van der Waals surface area contributed by atoms with Gasteiger partial charge in [0.25, 0.3) is 0 Å². The Morgan fingerprint density at radius 3 is 2.17 bits per heavy atom. The summed E-state index contributed by atoms with van der Waals surface area (Å²) >= 11 is 4.47. The van der Waals surface area contributed by atoms with Crippen LogP contribution in [-0.2, 0) is 20.5 Å². The molecular formula is C3H6OS2. The van der Waals surface area contributed by atoms with Crippen LogP contribution in [0.2, 0.25) is 0 Å². The second-order valence-corrected chi connectivity index (χ2v) is 3.90. The fourth-order valence-electron chi connectivity index (χ4n) is 0.285. The van der Waals surface area contributed by atoms with Crippen molar-refractivity contribution in [3.63, 3.8) is 0 Å². The van der Waals surface area contributed by atoms with Gasteiger partial charge < -0.3 is 0 Å². The van der Waals surface area contributed by atoms with Crippen molar-refractivity contribution >= 4 is 20.5 Å². The van der Waals surface area contributed by atoms with E-state index in [1.165, 1.54) is 0 Å². The molecule has 6 heavy (non-hydrogen) atoms. The van der Waals surface area contributed by atoms with Gasteiger partial charge >= 0.3 is 0 Å². The molecule has 36 valence electrons. The third-order valence-corrected chi connectivity index (χ3v) is 2.85. The van der Waals surface area contributed by atoms with Gasteiger partial charge in [0.15, 0.2) is 0 Å². The van der Waals surface area contributed by atoms with Crippen LogP contribution in [0.4, 0.5) is 0 Å². The second kappa shape index (κ2) is 1.46. The first-order chi connectivity index (χ1) is 2.80. The molecule has 1 unspecified atom stereocenters. The molecule has 0 aromatic heterocycles. The van der Waals surface area contributed by atoms with Crippen LogP contribution in [0, 0.1) is 0 Å². The van der Waals surface area contributed by atoms with E-state index < -0.39 is 9.36 Å². The summed E-state index contributed by atoms with van der Waals surface area (Å²) in [6.07, 6.45) is 2.22. The fraction of sp³-hybridized carbons (Fsp3) is 1.00. The van der Waals surface area contributed by atoms with E-state index in [2.05, 4.69) is 11.2 Å². The summed E-state index contributed by atoms with van der Waals surface area (Å²) in [5, 5.41) is 0.426. The van der Waals surface area contributed by atoms with Gasteiger partial charge in [-0.25, -0.2) is 0 Å². The highest BCUT2D eigenvalue weighted by Crippen LogP contribution is 2.22. The average molecular weight is 122 g/mol. The Hall–Kier alpha value is 0.370. The molecule has 1 aliphatic rings. The smallest absolute Gasteiger partial charge is 0.0346 e. The lowest BCUT2D eigenvalue weighted by molar-refractivity contribution is 0.692. The van der Waals surface area contributed by atoms with Crippen LogP contribution in [0.5, 0.6) is 0 Å². The van der Waals surface area contributed by atoms with E-state index in [1.54, 1.807) is 0 Å². The Balaban J connectivity index is 2.52. The first-order valence-corrected chi connectivity index (χ1v) is 4.28. The summed E-state index contributed by atoms with van der Waals surface area (Å²) in [7, 11) is -1.22. The van der Waals surface area contributed by atoms with E-state index in [0.29, 0.717) is 5.25 Å². The maximum atomic E-state index is 10.2. The molecular weight excluding hydrogens is 116 g/mol. The predicted molar refractivity (Wildman–Crippen MR) is 29.9 cm³/mol. The van der Waals surface area contributed by atoms with Crippen LogP contribution in [0.25, 0.3) is 0 Å². The summed E-state index contributed by atoms with van der Waals surface area (Å²) in [5.41, 5.74) is 0. The fourth-order valence-corrected chi connectivity index (χ4v) is 1.49. The normalized spacial score (nSPS) is 26.7. The summed E-state index contributed by atoms with van der Waals surface area (Å²) < 4.78 is 10.2. The monoisotopic (exact) mass is 122 g/mol. The predicted octanol–water partition coefficient (Wildman–Crippen LogP) is 0.0917. The van der Waals surface area contributed by atoms with E-state index in [1.807, 2.05) is 0 Å². The van der Waals surface area contributed by atoms with Gasteiger partial charge in [0, 0.05) is 14.6 Å². The SMILES string of the molecule is O=[SH](=S)C1CC1. The molecule has 3 heteroatoms. The van der Waals surface area contributed by atoms with Gasteiger partial charge in [0.05, 0.1) is 0 Å². The molecule has 0 bridgehead atoms. The number of thiol groups is 1. The highest BCUT2D eigenvalue weighted by atomic mass is 32.8. The third kappa shape index (κ3) is 0.914. The number of hydrogen-bond acceptors (Lipinski definition) is 2. The minimum atomic E-state index is -1.22. The van der Waals surface area contributed by atoms with Crippen LogP contribution in [0.3, 0.4) is 0 Å². The summed E-state index contributed by atoms with van der Waals surface area (Å²) in [5.74, 6) is 0. The molecule has 0 amide bonds. The van der Waals surface area contributed by atoms with Crippen molar-refractivity contribution in [3.05, 3.63) is 0 Å². The zero-order valence-corrected chi connectivity index (χ0v) is 4.97. The van der Waals surface area contributed by atoms with E-state index in [4.69, 9.17) is 0 Å². The number of rotatable bonds is 1. The molecule has 0 radical (unpaired) electrons. The summed E-state index contributed by atoms with van der Waals surface area (Å²) in [6.45, 7) is 0. The Morgan fingerprint density at radius 1 is 1.67 bits per heavy atom. The van der Waals surface area contributed by atoms with Gasteiger partial charge in [-0.3, -0.25) is 4.21 Å². The molecule has 1 aliphatic carbocycles. The lowest BCUT2D eigenvalue weighted by atomic mass is 11.0. The van der Waals surface area contributed by atoms with E-state index in [0.717, 1.165) is 12.8 Å². The van der Waals surface area contributed by atoms with Crippen molar-refractivity contribution in [2.75, 3.05) is 0 Å². The van der Waals surface area contributed by atoms with Crippen molar-refractivity contribution in [1.82, 2.24) is 0 Å². The zero-order chi connectivity index (χ0) is 4.57. The van der Waals surface area contributed by atoms with Crippen LogP contribution >= 0.6 is 0 Å². The molecule has 1 rings (SSSR count). The van der Waals surface area contributed by atoms with Gasteiger partial charge in [-0.15, -0.1) is 0 Å². The molecule has 0 aliphatic heterocycles. The highest BCUT2D eigenvalue weighted by molar-refractivity contribution is 8.22. The topological polar surface area (TPSA) is 17.1 Å². The molecule has 0 aromatic carbocycles. The van der Waals surface area contributed by atoms with E-state index >= 15 is 0 Å². The van der Waals surface area contributed by atoms with Crippen molar-refractivity contribution < 1.29 is 4.21 Å². The van der Waals surface area contributed by atoms with Crippen molar-refractivity contribution in [1.29, 1.82) is 0 Å². The standard InChI is InChI=1S/C3H6OS2/c4-6(5)3-1-2-3/h3,6H,1-2H2. The van der Waals surface area contributed by atoms with Crippen LogP contribution < -0.4 is 0 Å². The zero-order valence-electron chi connectivity index (χ0n) is 3.26.